The van der Waals surface area contributed by atoms with Gasteiger partial charge in [-0.05, 0) is 12.8 Å². The van der Waals surface area contributed by atoms with Crippen LogP contribution in [0.3, 0.4) is 0 Å². The molecular weight excluding hydrogens is 256 g/mol. The van der Waals surface area contributed by atoms with Gasteiger partial charge in [-0.1, -0.05) is 13.8 Å². The van der Waals surface area contributed by atoms with Gasteiger partial charge in [0.2, 0.25) is 0 Å². The van der Waals surface area contributed by atoms with Crippen LogP contribution in [0, 0.1) is 0 Å². The summed E-state index contributed by atoms with van der Waals surface area (Å²) in [4.78, 5) is 22.5. The third-order valence-electron chi connectivity index (χ3n) is 2.76. The second-order valence-corrected chi connectivity index (χ2v) is 4.50. The molecule has 1 heterocycles. The molecule has 0 saturated heterocycles. The van der Waals surface area contributed by atoms with Gasteiger partial charge in [0.15, 0.2) is 0 Å². The molecule has 0 spiro atoms. The van der Waals surface area contributed by atoms with Crippen molar-refractivity contribution in [2.75, 3.05) is 38.7 Å². The molecule has 1 N–H and O–H groups in total. The molecule has 1 aromatic heterocycles. The second kappa shape index (κ2) is 9.25. The van der Waals surface area contributed by atoms with Gasteiger partial charge < -0.3 is 15.0 Å². The second-order valence-electron chi connectivity index (χ2n) is 4.50. The Balaban J connectivity index is 2.63. The van der Waals surface area contributed by atoms with Crippen LogP contribution in [-0.4, -0.2) is 54.1 Å². The normalized spacial score (nSPS) is 10.3. The summed E-state index contributed by atoms with van der Waals surface area (Å²) >= 11 is 0. The van der Waals surface area contributed by atoms with Crippen LogP contribution in [0.15, 0.2) is 12.4 Å². The lowest BCUT2D eigenvalue weighted by atomic mass is 10.3. The van der Waals surface area contributed by atoms with Crippen molar-refractivity contribution in [3.63, 3.8) is 0 Å². The topological polar surface area (TPSA) is 67.4 Å². The fraction of sp³-hybridized carbons (Fsp3) is 0.643. The fourth-order valence-electron chi connectivity index (χ4n) is 1.83. The molecule has 1 rings (SSSR count). The molecule has 20 heavy (non-hydrogen) atoms. The van der Waals surface area contributed by atoms with E-state index in [0.717, 1.165) is 25.9 Å². The molecule has 0 bridgehead atoms. The number of anilines is 1. The maximum absolute atomic E-state index is 12.3. The SMILES string of the molecule is CCCN(CCC)C(=O)c1cnc(NCCOC)cn1. The van der Waals surface area contributed by atoms with Crippen molar-refractivity contribution in [1.29, 1.82) is 0 Å². The highest BCUT2D eigenvalue weighted by molar-refractivity contribution is 5.92. The Morgan fingerprint density at radius 2 is 1.95 bits per heavy atom. The summed E-state index contributed by atoms with van der Waals surface area (Å²) in [5.74, 6) is 0.598. The van der Waals surface area contributed by atoms with E-state index >= 15 is 0 Å². The van der Waals surface area contributed by atoms with Gasteiger partial charge in [-0.3, -0.25) is 4.79 Å². The summed E-state index contributed by atoms with van der Waals surface area (Å²) in [6.07, 6.45) is 4.99. The fourth-order valence-corrected chi connectivity index (χ4v) is 1.83. The maximum Gasteiger partial charge on any atom is 0.274 e. The quantitative estimate of drug-likeness (QED) is 0.699. The van der Waals surface area contributed by atoms with Gasteiger partial charge in [0.05, 0.1) is 19.0 Å². The van der Waals surface area contributed by atoms with Crippen molar-refractivity contribution < 1.29 is 9.53 Å². The molecule has 0 radical (unpaired) electrons. The molecule has 1 aromatic rings. The molecule has 112 valence electrons. The van der Waals surface area contributed by atoms with Crippen LogP contribution in [0.5, 0.6) is 0 Å². The summed E-state index contributed by atoms with van der Waals surface area (Å²) < 4.78 is 4.94. The monoisotopic (exact) mass is 280 g/mol. The van der Waals surface area contributed by atoms with Crippen LogP contribution in [0.25, 0.3) is 0 Å². The summed E-state index contributed by atoms with van der Waals surface area (Å²) in [6, 6.07) is 0. The van der Waals surface area contributed by atoms with Gasteiger partial charge in [0.25, 0.3) is 5.91 Å². The van der Waals surface area contributed by atoms with Crippen molar-refractivity contribution in [2.24, 2.45) is 0 Å². The number of ether oxygens (including phenoxy) is 1. The largest absolute Gasteiger partial charge is 0.383 e. The van der Waals surface area contributed by atoms with E-state index < -0.39 is 0 Å². The Morgan fingerprint density at radius 3 is 2.45 bits per heavy atom. The Kier molecular flexibility index (Phi) is 7.57. The summed E-state index contributed by atoms with van der Waals surface area (Å²) in [6.45, 7) is 6.89. The Morgan fingerprint density at radius 1 is 1.25 bits per heavy atom. The zero-order chi connectivity index (χ0) is 14.8. The van der Waals surface area contributed by atoms with Crippen LogP contribution >= 0.6 is 0 Å². The van der Waals surface area contributed by atoms with E-state index in [9.17, 15) is 4.79 Å². The Hall–Kier alpha value is -1.69. The number of carbonyl (C=O) groups is 1. The highest BCUT2D eigenvalue weighted by Gasteiger charge is 2.15. The van der Waals surface area contributed by atoms with Crippen molar-refractivity contribution in [2.45, 2.75) is 26.7 Å². The van der Waals surface area contributed by atoms with E-state index in [1.54, 1.807) is 13.3 Å². The third-order valence-corrected chi connectivity index (χ3v) is 2.76. The predicted octanol–water partition coefficient (Wildman–Crippen LogP) is 1.80. The predicted molar refractivity (Wildman–Crippen MR) is 78.9 cm³/mol. The highest BCUT2D eigenvalue weighted by atomic mass is 16.5. The van der Waals surface area contributed by atoms with E-state index in [2.05, 4.69) is 29.1 Å². The van der Waals surface area contributed by atoms with Crippen molar-refractivity contribution in [1.82, 2.24) is 14.9 Å². The standard InChI is InChI=1S/C14H24N4O2/c1-4-7-18(8-5-2)14(19)12-10-17-13(11-16-12)15-6-9-20-3/h10-11H,4-9H2,1-3H3,(H,15,17). The van der Waals surface area contributed by atoms with Gasteiger partial charge in [-0.25, -0.2) is 9.97 Å². The first-order valence-electron chi connectivity index (χ1n) is 7.07. The zero-order valence-corrected chi connectivity index (χ0v) is 12.6. The van der Waals surface area contributed by atoms with E-state index in [-0.39, 0.29) is 5.91 Å². The smallest absolute Gasteiger partial charge is 0.274 e. The van der Waals surface area contributed by atoms with E-state index in [1.807, 2.05) is 4.90 Å². The first-order chi connectivity index (χ1) is 9.72. The van der Waals surface area contributed by atoms with Gasteiger partial charge >= 0.3 is 0 Å². The van der Waals surface area contributed by atoms with Crippen LogP contribution in [0.1, 0.15) is 37.2 Å². The van der Waals surface area contributed by atoms with Crippen molar-refractivity contribution in [3.8, 4) is 0 Å². The number of nitrogens with one attached hydrogen (secondary N) is 1. The van der Waals surface area contributed by atoms with Crippen LogP contribution in [0.2, 0.25) is 0 Å². The minimum Gasteiger partial charge on any atom is -0.383 e. The lowest BCUT2D eigenvalue weighted by molar-refractivity contribution is 0.0749. The average Bonchev–Trinajstić information content (AvgIpc) is 2.47. The van der Waals surface area contributed by atoms with E-state index in [0.29, 0.717) is 24.7 Å². The van der Waals surface area contributed by atoms with Crippen LogP contribution in [0.4, 0.5) is 5.82 Å². The van der Waals surface area contributed by atoms with Gasteiger partial charge in [-0.15, -0.1) is 0 Å². The molecule has 0 aliphatic rings. The molecule has 0 aliphatic carbocycles. The van der Waals surface area contributed by atoms with Crippen molar-refractivity contribution >= 4 is 11.7 Å². The molecular formula is C14H24N4O2. The van der Waals surface area contributed by atoms with Crippen molar-refractivity contribution in [3.05, 3.63) is 18.1 Å². The number of carbonyl (C=O) groups excluding carboxylic acids is 1. The number of rotatable bonds is 9. The van der Waals surface area contributed by atoms with E-state index in [1.165, 1.54) is 6.20 Å². The molecule has 0 unspecified atom stereocenters. The minimum absolute atomic E-state index is 0.0513. The van der Waals surface area contributed by atoms with Gasteiger partial charge in [-0.2, -0.15) is 0 Å². The summed E-state index contributed by atoms with van der Waals surface area (Å²) in [5.41, 5.74) is 0.393. The maximum atomic E-state index is 12.3. The molecule has 1 amide bonds. The average molecular weight is 280 g/mol. The molecule has 0 aromatic carbocycles. The number of aromatic nitrogens is 2. The van der Waals surface area contributed by atoms with Gasteiger partial charge in [0, 0.05) is 26.7 Å². The van der Waals surface area contributed by atoms with Crippen LogP contribution < -0.4 is 5.32 Å². The van der Waals surface area contributed by atoms with E-state index in [4.69, 9.17) is 4.74 Å². The number of amides is 1. The highest BCUT2D eigenvalue weighted by Crippen LogP contribution is 2.06. The number of hydrogen-bond donors (Lipinski definition) is 1. The summed E-state index contributed by atoms with van der Waals surface area (Å²) in [7, 11) is 1.64. The first kappa shape index (κ1) is 16.4. The zero-order valence-electron chi connectivity index (χ0n) is 12.6. The lowest BCUT2D eigenvalue weighted by Crippen LogP contribution is -2.33. The van der Waals surface area contributed by atoms with Crippen LogP contribution in [-0.2, 0) is 4.74 Å². The summed E-state index contributed by atoms with van der Waals surface area (Å²) in [5, 5.41) is 3.07. The Bertz CT molecular complexity index is 389. The number of nitrogens with zero attached hydrogens (tertiary/aromatic N) is 3. The third kappa shape index (κ3) is 5.13. The number of hydrogen-bond acceptors (Lipinski definition) is 5. The molecule has 0 atom stereocenters. The molecule has 6 nitrogen and oxygen atoms in total. The lowest BCUT2D eigenvalue weighted by Gasteiger charge is -2.20. The molecule has 0 saturated carbocycles. The molecule has 0 aliphatic heterocycles. The Labute approximate surface area is 120 Å². The molecule has 6 heteroatoms. The van der Waals surface area contributed by atoms with Gasteiger partial charge in [0.1, 0.15) is 11.5 Å². The first-order valence-corrected chi connectivity index (χ1v) is 7.07. The number of methoxy groups -OCH3 is 1. The molecule has 0 fully saturated rings. The minimum atomic E-state index is -0.0513.